The Kier molecular flexibility index (Phi) is 5.61. The zero-order valence-corrected chi connectivity index (χ0v) is 14.3. The van der Waals surface area contributed by atoms with Gasteiger partial charge in [0.25, 0.3) is 0 Å². The molecule has 1 fully saturated rings. The fourth-order valence-corrected chi connectivity index (χ4v) is 4.95. The summed E-state index contributed by atoms with van der Waals surface area (Å²) in [7, 11) is 2.24. The van der Waals surface area contributed by atoms with Gasteiger partial charge < -0.3 is 4.90 Å². The standard InChI is InChI=1S/C14H22BrNS2/c1-16(8-13-7-12(15)9-18-13)10-14(11-17)5-3-2-4-6-14/h7,9,17H,2-6,8,10-11H2,1H3. The molecule has 0 spiro atoms. The molecule has 0 radical (unpaired) electrons. The lowest BCUT2D eigenvalue weighted by molar-refractivity contribution is 0.141. The van der Waals surface area contributed by atoms with E-state index in [2.05, 4.69) is 52.0 Å². The molecular formula is C14H22BrNS2. The Balaban J connectivity index is 1.90. The summed E-state index contributed by atoms with van der Waals surface area (Å²) in [5.74, 6) is 1.03. The van der Waals surface area contributed by atoms with Crippen LogP contribution in [0.25, 0.3) is 0 Å². The summed E-state index contributed by atoms with van der Waals surface area (Å²) in [6.07, 6.45) is 6.90. The smallest absolute Gasteiger partial charge is 0.0325 e. The molecule has 1 aromatic rings. The van der Waals surface area contributed by atoms with E-state index < -0.39 is 0 Å². The van der Waals surface area contributed by atoms with Crippen LogP contribution >= 0.6 is 39.9 Å². The van der Waals surface area contributed by atoms with Crippen LogP contribution in [-0.4, -0.2) is 24.2 Å². The highest BCUT2D eigenvalue weighted by atomic mass is 79.9. The molecule has 0 aromatic carbocycles. The van der Waals surface area contributed by atoms with Gasteiger partial charge in [0, 0.05) is 27.8 Å². The molecule has 18 heavy (non-hydrogen) atoms. The highest BCUT2D eigenvalue weighted by Gasteiger charge is 2.31. The van der Waals surface area contributed by atoms with E-state index in [1.807, 2.05) is 11.3 Å². The van der Waals surface area contributed by atoms with E-state index in [4.69, 9.17) is 0 Å². The van der Waals surface area contributed by atoms with Crippen molar-refractivity contribution >= 4 is 39.9 Å². The largest absolute Gasteiger partial charge is 0.301 e. The molecule has 1 aliphatic rings. The highest BCUT2D eigenvalue weighted by Crippen LogP contribution is 2.38. The average Bonchev–Trinajstić information content (AvgIpc) is 2.75. The van der Waals surface area contributed by atoms with Gasteiger partial charge in [-0.2, -0.15) is 12.6 Å². The Bertz CT molecular complexity index is 372. The minimum Gasteiger partial charge on any atom is -0.301 e. The van der Waals surface area contributed by atoms with Crippen LogP contribution in [0.5, 0.6) is 0 Å². The van der Waals surface area contributed by atoms with Gasteiger partial charge in [0.05, 0.1) is 0 Å². The van der Waals surface area contributed by atoms with E-state index in [1.165, 1.54) is 48.0 Å². The van der Waals surface area contributed by atoms with Crippen molar-refractivity contribution in [1.82, 2.24) is 4.90 Å². The lowest BCUT2D eigenvalue weighted by Gasteiger charge is -2.39. The lowest BCUT2D eigenvalue weighted by Crippen LogP contribution is -2.38. The molecule has 0 amide bonds. The fourth-order valence-electron chi connectivity index (χ4n) is 3.00. The predicted octanol–water partition coefficient (Wildman–Crippen LogP) is 4.82. The van der Waals surface area contributed by atoms with Crippen molar-refractivity contribution in [2.75, 3.05) is 19.3 Å². The second-order valence-corrected chi connectivity index (χ2v) is 7.85. The molecule has 102 valence electrons. The molecule has 1 saturated carbocycles. The minimum atomic E-state index is 0.463. The Hall–Kier alpha value is 0.490. The monoisotopic (exact) mass is 347 g/mol. The first kappa shape index (κ1) is 14.9. The fraction of sp³-hybridized carbons (Fsp3) is 0.714. The molecule has 0 bridgehead atoms. The van der Waals surface area contributed by atoms with Crippen molar-refractivity contribution in [1.29, 1.82) is 0 Å². The molecular weight excluding hydrogens is 326 g/mol. The zero-order chi connectivity index (χ0) is 13.0. The topological polar surface area (TPSA) is 3.24 Å². The van der Waals surface area contributed by atoms with Crippen molar-refractivity contribution in [2.24, 2.45) is 5.41 Å². The summed E-state index contributed by atoms with van der Waals surface area (Å²) in [6, 6.07) is 2.23. The van der Waals surface area contributed by atoms with Gasteiger partial charge in [-0.3, -0.25) is 0 Å². The molecule has 1 aromatic heterocycles. The molecule has 2 rings (SSSR count). The first-order chi connectivity index (χ1) is 8.63. The van der Waals surface area contributed by atoms with Crippen LogP contribution in [-0.2, 0) is 6.54 Å². The maximum absolute atomic E-state index is 4.62. The summed E-state index contributed by atoms with van der Waals surface area (Å²) in [5, 5.41) is 2.16. The number of halogens is 1. The normalized spacial score (nSPS) is 19.3. The third kappa shape index (κ3) is 3.99. The second-order valence-electron chi connectivity index (χ2n) is 5.62. The molecule has 0 unspecified atom stereocenters. The number of hydrogen-bond donors (Lipinski definition) is 1. The number of thiophene rings is 1. The quantitative estimate of drug-likeness (QED) is 0.747. The molecule has 0 atom stereocenters. The van der Waals surface area contributed by atoms with Gasteiger partial charge in [0.15, 0.2) is 0 Å². The summed E-state index contributed by atoms with van der Waals surface area (Å²) in [6.45, 7) is 2.25. The van der Waals surface area contributed by atoms with Crippen molar-refractivity contribution in [3.8, 4) is 0 Å². The van der Waals surface area contributed by atoms with Gasteiger partial charge in [-0.05, 0) is 53.1 Å². The Morgan fingerprint density at radius 1 is 1.39 bits per heavy atom. The number of nitrogens with zero attached hydrogens (tertiary/aromatic N) is 1. The summed E-state index contributed by atoms with van der Waals surface area (Å²) in [5.41, 5.74) is 0.463. The van der Waals surface area contributed by atoms with Crippen LogP contribution < -0.4 is 0 Å². The maximum atomic E-state index is 4.62. The third-order valence-corrected chi connectivity index (χ3v) is 6.26. The number of hydrogen-bond acceptors (Lipinski definition) is 3. The van der Waals surface area contributed by atoms with Crippen molar-refractivity contribution < 1.29 is 0 Å². The molecule has 1 heterocycles. The van der Waals surface area contributed by atoms with Crippen LogP contribution in [0, 0.1) is 5.41 Å². The van der Waals surface area contributed by atoms with Crippen molar-refractivity contribution in [3.63, 3.8) is 0 Å². The van der Waals surface area contributed by atoms with E-state index in [0.29, 0.717) is 5.41 Å². The molecule has 0 saturated heterocycles. The highest BCUT2D eigenvalue weighted by molar-refractivity contribution is 9.10. The molecule has 1 aliphatic carbocycles. The van der Waals surface area contributed by atoms with Gasteiger partial charge in [-0.15, -0.1) is 11.3 Å². The summed E-state index contributed by atoms with van der Waals surface area (Å²) >= 11 is 9.99. The zero-order valence-electron chi connectivity index (χ0n) is 11.0. The van der Waals surface area contributed by atoms with Gasteiger partial charge in [-0.1, -0.05) is 19.3 Å². The van der Waals surface area contributed by atoms with Crippen molar-refractivity contribution in [2.45, 2.75) is 38.6 Å². The van der Waals surface area contributed by atoms with Crippen LogP contribution in [0.3, 0.4) is 0 Å². The number of thiol groups is 1. The van der Waals surface area contributed by atoms with E-state index in [9.17, 15) is 0 Å². The molecule has 0 aliphatic heterocycles. The van der Waals surface area contributed by atoms with Gasteiger partial charge in [0.1, 0.15) is 0 Å². The molecule has 4 heteroatoms. The summed E-state index contributed by atoms with van der Waals surface area (Å²) in [4.78, 5) is 3.91. The van der Waals surface area contributed by atoms with Gasteiger partial charge in [-0.25, -0.2) is 0 Å². The van der Waals surface area contributed by atoms with Crippen LogP contribution in [0.15, 0.2) is 15.9 Å². The maximum Gasteiger partial charge on any atom is 0.0325 e. The van der Waals surface area contributed by atoms with Crippen LogP contribution in [0.2, 0.25) is 0 Å². The third-order valence-electron chi connectivity index (χ3n) is 3.90. The predicted molar refractivity (Wildman–Crippen MR) is 87.7 cm³/mol. The van der Waals surface area contributed by atoms with Gasteiger partial charge in [0.2, 0.25) is 0 Å². The van der Waals surface area contributed by atoms with Crippen molar-refractivity contribution in [3.05, 3.63) is 20.8 Å². The minimum absolute atomic E-state index is 0.463. The molecule has 1 nitrogen and oxygen atoms in total. The second kappa shape index (κ2) is 6.78. The number of rotatable bonds is 5. The van der Waals surface area contributed by atoms with E-state index in [-0.39, 0.29) is 0 Å². The van der Waals surface area contributed by atoms with Crippen LogP contribution in [0.1, 0.15) is 37.0 Å². The Labute approximate surface area is 128 Å². The van der Waals surface area contributed by atoms with E-state index in [1.54, 1.807) is 0 Å². The van der Waals surface area contributed by atoms with E-state index >= 15 is 0 Å². The SMILES string of the molecule is CN(Cc1cc(Br)cs1)CC1(CS)CCCCC1. The Morgan fingerprint density at radius 3 is 2.67 bits per heavy atom. The average molecular weight is 348 g/mol. The molecule has 0 N–H and O–H groups in total. The first-order valence-corrected chi connectivity index (χ1v) is 8.96. The van der Waals surface area contributed by atoms with Gasteiger partial charge >= 0.3 is 0 Å². The lowest BCUT2D eigenvalue weighted by atomic mass is 9.75. The Morgan fingerprint density at radius 2 is 2.11 bits per heavy atom. The van der Waals surface area contributed by atoms with Crippen LogP contribution in [0.4, 0.5) is 0 Å². The van der Waals surface area contributed by atoms with E-state index in [0.717, 1.165) is 12.3 Å². The first-order valence-electron chi connectivity index (χ1n) is 6.66. The summed E-state index contributed by atoms with van der Waals surface area (Å²) < 4.78 is 1.21.